The SMILES string of the molecule is [N-]=[N+]=NCC(NC(=O)C1=CC2CC[C@@]3(N)C4CC=C(C5=CC(F)CNC5)C4CCC3C2C=C1)C(=O)N=O. The minimum absolute atomic E-state index is 0.144. The number of carbonyl (C=O) groups excluding carboxylic acids is 2. The van der Waals surface area contributed by atoms with Gasteiger partial charge in [-0.25, -0.2) is 4.39 Å². The topological polar surface area (TPSA) is 162 Å². The molecule has 0 bridgehead atoms. The van der Waals surface area contributed by atoms with Gasteiger partial charge in [0.1, 0.15) is 12.2 Å². The van der Waals surface area contributed by atoms with Gasteiger partial charge in [-0.2, -0.15) is 0 Å². The Hall–Kier alpha value is -3.14. The molecule has 5 rings (SSSR count). The summed E-state index contributed by atoms with van der Waals surface area (Å²) >= 11 is 0. The second-order valence-corrected chi connectivity index (χ2v) is 10.9. The molecule has 8 atom stereocenters. The lowest BCUT2D eigenvalue weighted by molar-refractivity contribution is -0.125. The normalized spacial score (nSPS) is 36.9. The van der Waals surface area contributed by atoms with E-state index in [0.29, 0.717) is 30.5 Å². The first-order chi connectivity index (χ1) is 17.9. The lowest BCUT2D eigenvalue weighted by Crippen LogP contribution is -2.62. The van der Waals surface area contributed by atoms with Crippen molar-refractivity contribution < 1.29 is 14.0 Å². The van der Waals surface area contributed by atoms with E-state index in [-0.39, 0.29) is 29.8 Å². The Morgan fingerprint density at radius 1 is 1.30 bits per heavy atom. The maximum absolute atomic E-state index is 14.0. The van der Waals surface area contributed by atoms with Crippen LogP contribution in [0.3, 0.4) is 0 Å². The number of fused-ring (bicyclic) bond motifs is 5. The molecule has 4 N–H and O–H groups in total. The largest absolute Gasteiger partial charge is 0.340 e. The fraction of sp³-hybridized carbons (Fsp3) is 0.615. The molecule has 37 heavy (non-hydrogen) atoms. The van der Waals surface area contributed by atoms with E-state index in [1.807, 2.05) is 6.08 Å². The molecule has 11 heteroatoms. The predicted octanol–water partition coefficient (Wildman–Crippen LogP) is 3.13. The van der Waals surface area contributed by atoms with Crippen LogP contribution in [0.4, 0.5) is 4.39 Å². The summed E-state index contributed by atoms with van der Waals surface area (Å²) in [6.45, 7) is 0.693. The van der Waals surface area contributed by atoms with Gasteiger partial charge in [-0.1, -0.05) is 29.4 Å². The van der Waals surface area contributed by atoms with Gasteiger partial charge in [-0.05, 0) is 84.4 Å². The molecule has 5 aliphatic rings. The molecule has 2 amide bonds. The summed E-state index contributed by atoms with van der Waals surface area (Å²) in [4.78, 5) is 37.8. The zero-order valence-corrected chi connectivity index (χ0v) is 20.6. The molecule has 10 nitrogen and oxygen atoms in total. The average Bonchev–Trinajstić information content (AvgIpc) is 3.35. The maximum atomic E-state index is 14.0. The Kier molecular flexibility index (Phi) is 7.11. The van der Waals surface area contributed by atoms with Crippen LogP contribution in [0.15, 0.2) is 57.4 Å². The lowest BCUT2D eigenvalue weighted by Gasteiger charge is -2.56. The van der Waals surface area contributed by atoms with Crippen LogP contribution in [-0.4, -0.2) is 49.2 Å². The van der Waals surface area contributed by atoms with Gasteiger partial charge in [-0.15, -0.1) is 4.91 Å². The van der Waals surface area contributed by atoms with E-state index in [2.05, 4.69) is 38.0 Å². The van der Waals surface area contributed by atoms with Crippen LogP contribution in [0, 0.1) is 34.5 Å². The van der Waals surface area contributed by atoms with Crippen molar-refractivity contribution in [3.8, 4) is 0 Å². The summed E-state index contributed by atoms with van der Waals surface area (Å²) in [5.41, 5.74) is 18.2. The number of amides is 2. The van der Waals surface area contributed by atoms with Gasteiger partial charge in [-0.3, -0.25) is 9.59 Å². The second-order valence-electron chi connectivity index (χ2n) is 10.9. The first-order valence-electron chi connectivity index (χ1n) is 13.0. The quantitative estimate of drug-likeness (QED) is 0.216. The standard InChI is InChI=1S/C26H32FN7O3/c27-17-10-16(11-30-12-17)18-3-5-22-20(18)4-6-21-19-2-1-15(9-14(19)7-8-26(21,22)28)24(35)32-23(13-31-34-29)25(36)33-37/h1-3,9-10,14,17,19-23,30H,4-8,11-13,28H2,(H,32,35)/t14?,17?,19?,20?,21?,22?,23?,26-/m0/s1. The summed E-state index contributed by atoms with van der Waals surface area (Å²) in [7, 11) is 0. The third kappa shape index (κ3) is 4.67. The van der Waals surface area contributed by atoms with Crippen LogP contribution in [0.5, 0.6) is 0 Å². The van der Waals surface area contributed by atoms with E-state index in [0.717, 1.165) is 37.7 Å². The van der Waals surface area contributed by atoms with Gasteiger partial charge >= 0.3 is 5.91 Å². The van der Waals surface area contributed by atoms with Gasteiger partial charge in [0.15, 0.2) is 0 Å². The van der Waals surface area contributed by atoms with Crippen molar-refractivity contribution in [3.63, 3.8) is 0 Å². The number of rotatable bonds is 6. The van der Waals surface area contributed by atoms with E-state index < -0.39 is 24.0 Å². The number of nitrogens with two attached hydrogens (primary N) is 1. The molecule has 0 aromatic carbocycles. The van der Waals surface area contributed by atoms with E-state index in [9.17, 15) is 18.9 Å². The minimum Gasteiger partial charge on any atom is -0.340 e. The third-order valence-electron chi connectivity index (χ3n) is 9.10. The summed E-state index contributed by atoms with van der Waals surface area (Å²) in [6.07, 6.45) is 13.5. The molecular formula is C26H32FN7O3. The number of nitroso groups, excluding NO2 is 1. The van der Waals surface area contributed by atoms with Crippen molar-refractivity contribution in [1.82, 2.24) is 10.6 Å². The highest BCUT2D eigenvalue weighted by molar-refractivity contribution is 5.99. The van der Waals surface area contributed by atoms with Crippen molar-refractivity contribution in [2.45, 2.75) is 49.9 Å². The fourth-order valence-electron chi connectivity index (χ4n) is 7.45. The molecule has 196 valence electrons. The number of hydrogen-bond acceptors (Lipinski definition) is 6. The summed E-state index contributed by atoms with van der Waals surface area (Å²) < 4.78 is 14.0. The van der Waals surface area contributed by atoms with E-state index in [4.69, 9.17) is 11.3 Å². The number of alkyl halides is 1. The zero-order valence-electron chi connectivity index (χ0n) is 20.6. The van der Waals surface area contributed by atoms with Crippen LogP contribution >= 0.6 is 0 Å². The summed E-state index contributed by atoms with van der Waals surface area (Å²) in [5.74, 6) is -0.278. The number of hydrogen-bond donors (Lipinski definition) is 3. The molecule has 7 unspecified atom stereocenters. The fourth-order valence-corrected chi connectivity index (χ4v) is 7.45. The van der Waals surface area contributed by atoms with Gasteiger partial charge in [0.25, 0.3) is 5.91 Å². The molecule has 2 fully saturated rings. The molecule has 1 heterocycles. The monoisotopic (exact) mass is 509 g/mol. The highest BCUT2D eigenvalue weighted by atomic mass is 19.1. The number of carbonyl (C=O) groups is 2. The highest BCUT2D eigenvalue weighted by Gasteiger charge is 2.56. The van der Waals surface area contributed by atoms with Crippen LogP contribution in [0.2, 0.25) is 0 Å². The molecule has 1 aliphatic heterocycles. The van der Waals surface area contributed by atoms with E-state index in [1.54, 1.807) is 12.2 Å². The Balaban J connectivity index is 1.28. The first-order valence-corrected chi connectivity index (χ1v) is 13.0. The van der Waals surface area contributed by atoms with Gasteiger partial charge in [0.2, 0.25) is 0 Å². The Labute approximate surface area is 214 Å². The Morgan fingerprint density at radius 2 is 2.14 bits per heavy atom. The van der Waals surface area contributed by atoms with Crippen molar-refractivity contribution in [2.75, 3.05) is 19.6 Å². The molecule has 0 spiro atoms. The third-order valence-corrected chi connectivity index (χ3v) is 9.10. The molecule has 0 radical (unpaired) electrons. The van der Waals surface area contributed by atoms with Gasteiger partial charge in [0, 0.05) is 34.3 Å². The number of halogens is 1. The predicted molar refractivity (Wildman–Crippen MR) is 135 cm³/mol. The van der Waals surface area contributed by atoms with Crippen molar-refractivity contribution in [3.05, 3.63) is 62.4 Å². The second kappa shape index (κ2) is 10.3. The van der Waals surface area contributed by atoms with Crippen LogP contribution in [0.1, 0.15) is 32.1 Å². The molecule has 0 aromatic rings. The van der Waals surface area contributed by atoms with Crippen molar-refractivity contribution in [2.24, 2.45) is 45.6 Å². The molecule has 4 aliphatic carbocycles. The maximum Gasteiger partial charge on any atom is 0.308 e. The van der Waals surface area contributed by atoms with Crippen LogP contribution in [0.25, 0.3) is 10.4 Å². The smallest absolute Gasteiger partial charge is 0.308 e. The van der Waals surface area contributed by atoms with Crippen molar-refractivity contribution >= 4 is 11.8 Å². The molecular weight excluding hydrogens is 477 g/mol. The Bertz CT molecular complexity index is 1160. The average molecular weight is 510 g/mol. The number of allylic oxidation sites excluding steroid dienone is 3. The zero-order chi connectivity index (χ0) is 26.2. The molecule has 0 saturated heterocycles. The van der Waals surface area contributed by atoms with E-state index >= 15 is 0 Å². The lowest BCUT2D eigenvalue weighted by atomic mass is 9.51. The summed E-state index contributed by atoms with van der Waals surface area (Å²) in [6, 6.07) is -1.29. The number of nitrogens with one attached hydrogen (secondary N) is 2. The molecule has 2 saturated carbocycles. The van der Waals surface area contributed by atoms with Crippen molar-refractivity contribution in [1.29, 1.82) is 0 Å². The van der Waals surface area contributed by atoms with E-state index in [1.165, 1.54) is 5.57 Å². The number of azide groups is 1. The Morgan fingerprint density at radius 3 is 2.89 bits per heavy atom. The van der Waals surface area contributed by atoms with Gasteiger partial charge < -0.3 is 16.4 Å². The minimum atomic E-state index is -1.29. The van der Waals surface area contributed by atoms with Crippen LogP contribution < -0.4 is 16.4 Å². The molecule has 0 aromatic heterocycles. The van der Waals surface area contributed by atoms with Gasteiger partial charge in [0.05, 0.1) is 6.54 Å². The number of nitrogens with zero attached hydrogens (tertiary/aromatic N) is 4. The summed E-state index contributed by atoms with van der Waals surface area (Å²) in [5, 5.41) is 11.3. The first kappa shape index (κ1) is 25.5. The highest BCUT2D eigenvalue weighted by Crippen LogP contribution is 2.58. The van der Waals surface area contributed by atoms with Crippen LogP contribution in [-0.2, 0) is 9.59 Å².